The van der Waals surface area contributed by atoms with Gasteiger partial charge in [0.25, 0.3) is 0 Å². The summed E-state index contributed by atoms with van der Waals surface area (Å²) >= 11 is 6.20. The Morgan fingerprint density at radius 1 is 1.56 bits per heavy atom. The summed E-state index contributed by atoms with van der Waals surface area (Å²) in [7, 11) is 4.22. The van der Waals surface area contributed by atoms with Crippen molar-refractivity contribution in [2.75, 3.05) is 43.9 Å². The van der Waals surface area contributed by atoms with Crippen LogP contribution in [0.4, 0.5) is 11.8 Å². The van der Waals surface area contributed by atoms with Crippen molar-refractivity contribution >= 4 is 23.4 Å². The molecule has 0 saturated carbocycles. The highest BCUT2D eigenvalue weighted by Crippen LogP contribution is 2.27. The van der Waals surface area contributed by atoms with Crippen LogP contribution in [0.3, 0.4) is 0 Å². The molecule has 0 radical (unpaired) electrons. The fraction of sp³-hybridized carbons (Fsp3) is 0.667. The summed E-state index contributed by atoms with van der Waals surface area (Å²) in [5.74, 6) is 1.48. The number of halogens is 1. The van der Waals surface area contributed by atoms with Crippen molar-refractivity contribution in [3.05, 3.63) is 11.2 Å². The lowest BCUT2D eigenvalue weighted by molar-refractivity contribution is 0.315. The largest absolute Gasteiger partial charge is 0.354 e. The number of hydrogen-bond donors (Lipinski definition) is 1. The minimum atomic E-state index is 0.568. The van der Waals surface area contributed by atoms with Crippen LogP contribution in [0.15, 0.2) is 6.20 Å². The molecule has 100 valence electrons. The van der Waals surface area contributed by atoms with Gasteiger partial charge in [0.1, 0.15) is 5.02 Å². The topological polar surface area (TPSA) is 44.3 Å². The van der Waals surface area contributed by atoms with Crippen molar-refractivity contribution < 1.29 is 0 Å². The van der Waals surface area contributed by atoms with Gasteiger partial charge in [0.05, 0.1) is 6.20 Å². The van der Waals surface area contributed by atoms with E-state index in [1.54, 1.807) is 6.20 Å². The van der Waals surface area contributed by atoms with Crippen LogP contribution in [0.1, 0.15) is 13.3 Å². The van der Waals surface area contributed by atoms with Gasteiger partial charge in [-0.25, -0.2) is 4.98 Å². The fourth-order valence-electron chi connectivity index (χ4n) is 2.18. The van der Waals surface area contributed by atoms with Crippen molar-refractivity contribution in [2.24, 2.45) is 0 Å². The second-order valence-electron chi connectivity index (χ2n) is 4.75. The number of anilines is 2. The van der Waals surface area contributed by atoms with E-state index < -0.39 is 0 Å². The van der Waals surface area contributed by atoms with Gasteiger partial charge in [0.2, 0.25) is 5.95 Å². The third-order valence-corrected chi connectivity index (χ3v) is 3.52. The van der Waals surface area contributed by atoms with Crippen LogP contribution in [0.2, 0.25) is 5.02 Å². The number of nitrogens with zero attached hydrogens (tertiary/aromatic N) is 4. The zero-order valence-corrected chi connectivity index (χ0v) is 11.9. The zero-order valence-electron chi connectivity index (χ0n) is 11.1. The van der Waals surface area contributed by atoms with Crippen molar-refractivity contribution in [3.63, 3.8) is 0 Å². The summed E-state index contributed by atoms with van der Waals surface area (Å²) in [4.78, 5) is 13.1. The van der Waals surface area contributed by atoms with E-state index in [4.69, 9.17) is 11.6 Å². The Balaban J connectivity index is 2.15. The Kier molecular flexibility index (Phi) is 4.24. The Hall–Kier alpha value is -1.07. The first-order chi connectivity index (χ1) is 8.61. The Bertz CT molecular complexity index is 409. The molecule has 1 aliphatic rings. The molecule has 1 saturated heterocycles. The monoisotopic (exact) mass is 269 g/mol. The summed E-state index contributed by atoms with van der Waals surface area (Å²) in [6.07, 6.45) is 2.81. The van der Waals surface area contributed by atoms with E-state index in [9.17, 15) is 0 Å². The molecule has 1 fully saturated rings. The number of likely N-dealkylation sites (N-methyl/N-ethyl adjacent to an activating group) is 1. The van der Waals surface area contributed by atoms with Crippen LogP contribution in [0, 0.1) is 0 Å². The zero-order chi connectivity index (χ0) is 13.1. The molecule has 18 heavy (non-hydrogen) atoms. The lowest BCUT2D eigenvalue weighted by Crippen LogP contribution is -2.31. The molecule has 1 aromatic heterocycles. The van der Waals surface area contributed by atoms with Gasteiger partial charge in [-0.1, -0.05) is 11.6 Å². The first-order valence-electron chi connectivity index (χ1n) is 6.29. The summed E-state index contributed by atoms with van der Waals surface area (Å²) < 4.78 is 0. The number of rotatable bonds is 4. The van der Waals surface area contributed by atoms with Gasteiger partial charge < -0.3 is 15.1 Å². The van der Waals surface area contributed by atoms with Crippen molar-refractivity contribution in [2.45, 2.75) is 19.4 Å². The molecule has 0 aromatic carbocycles. The molecule has 0 aliphatic carbocycles. The molecule has 6 heteroatoms. The van der Waals surface area contributed by atoms with E-state index in [0.29, 0.717) is 17.0 Å². The Morgan fingerprint density at radius 3 is 2.94 bits per heavy atom. The third-order valence-electron chi connectivity index (χ3n) is 3.25. The van der Waals surface area contributed by atoms with E-state index in [1.807, 2.05) is 6.92 Å². The van der Waals surface area contributed by atoms with Crippen molar-refractivity contribution in [1.29, 1.82) is 0 Å². The van der Waals surface area contributed by atoms with Gasteiger partial charge in [0.15, 0.2) is 5.82 Å². The number of hydrogen-bond acceptors (Lipinski definition) is 5. The molecular weight excluding hydrogens is 250 g/mol. The molecule has 1 aromatic rings. The number of aromatic nitrogens is 2. The second kappa shape index (κ2) is 5.71. The van der Waals surface area contributed by atoms with Gasteiger partial charge in [-0.05, 0) is 27.4 Å². The van der Waals surface area contributed by atoms with Gasteiger partial charge in [-0.15, -0.1) is 0 Å². The smallest absolute Gasteiger partial charge is 0.224 e. The highest BCUT2D eigenvalue weighted by atomic mass is 35.5. The van der Waals surface area contributed by atoms with E-state index in [2.05, 4.69) is 39.2 Å². The molecule has 1 atom stereocenters. The van der Waals surface area contributed by atoms with E-state index >= 15 is 0 Å². The molecule has 1 unspecified atom stereocenters. The van der Waals surface area contributed by atoms with Crippen molar-refractivity contribution in [3.8, 4) is 0 Å². The lowest BCUT2D eigenvalue weighted by atomic mass is 10.2. The average Bonchev–Trinajstić information content (AvgIpc) is 2.81. The molecule has 2 heterocycles. The highest BCUT2D eigenvalue weighted by Gasteiger charge is 2.26. The summed E-state index contributed by atoms with van der Waals surface area (Å²) in [5, 5.41) is 3.74. The van der Waals surface area contributed by atoms with E-state index in [0.717, 1.165) is 31.9 Å². The molecule has 0 amide bonds. The van der Waals surface area contributed by atoms with Crippen LogP contribution >= 0.6 is 11.6 Å². The quantitative estimate of drug-likeness (QED) is 0.901. The van der Waals surface area contributed by atoms with Gasteiger partial charge in [0, 0.05) is 25.7 Å². The van der Waals surface area contributed by atoms with E-state index in [1.165, 1.54) is 0 Å². The minimum Gasteiger partial charge on any atom is -0.354 e. The molecular formula is C12H20ClN5. The highest BCUT2D eigenvalue weighted by molar-refractivity contribution is 6.32. The van der Waals surface area contributed by atoms with Crippen LogP contribution < -0.4 is 10.2 Å². The predicted molar refractivity (Wildman–Crippen MR) is 75.5 cm³/mol. The Labute approximate surface area is 113 Å². The third kappa shape index (κ3) is 2.84. The molecule has 1 aliphatic heterocycles. The molecule has 1 N–H and O–H groups in total. The van der Waals surface area contributed by atoms with Gasteiger partial charge in [-0.2, -0.15) is 4.98 Å². The first-order valence-corrected chi connectivity index (χ1v) is 6.67. The van der Waals surface area contributed by atoms with Crippen LogP contribution in [0.5, 0.6) is 0 Å². The lowest BCUT2D eigenvalue weighted by Gasteiger charge is -2.22. The second-order valence-corrected chi connectivity index (χ2v) is 5.15. The molecule has 0 bridgehead atoms. The minimum absolute atomic E-state index is 0.568. The van der Waals surface area contributed by atoms with E-state index in [-0.39, 0.29) is 0 Å². The maximum absolute atomic E-state index is 6.20. The molecule has 5 nitrogen and oxygen atoms in total. The summed E-state index contributed by atoms with van der Waals surface area (Å²) in [6.45, 7) is 4.79. The summed E-state index contributed by atoms with van der Waals surface area (Å²) in [6, 6.07) is 0.568. The van der Waals surface area contributed by atoms with Crippen LogP contribution in [-0.4, -0.2) is 54.6 Å². The Morgan fingerprint density at radius 2 is 2.33 bits per heavy atom. The summed E-state index contributed by atoms with van der Waals surface area (Å²) in [5.41, 5.74) is 0. The normalized spacial score (nSPS) is 19.6. The number of nitrogens with one attached hydrogen (secondary N) is 1. The standard InChI is InChI=1S/C12H20ClN5/c1-4-14-12-15-7-10(13)11(16-12)18-6-5-9(8-18)17(2)3/h7,9H,4-6,8H2,1-3H3,(H,14,15,16). The molecule has 0 spiro atoms. The fourth-order valence-corrected chi connectivity index (χ4v) is 2.39. The van der Waals surface area contributed by atoms with Gasteiger partial charge in [-0.3, -0.25) is 0 Å². The van der Waals surface area contributed by atoms with Gasteiger partial charge >= 0.3 is 0 Å². The predicted octanol–water partition coefficient (Wildman–Crippen LogP) is 1.70. The maximum Gasteiger partial charge on any atom is 0.224 e. The van der Waals surface area contributed by atoms with Crippen LogP contribution in [-0.2, 0) is 0 Å². The first kappa shape index (κ1) is 13.4. The van der Waals surface area contributed by atoms with Crippen LogP contribution in [0.25, 0.3) is 0 Å². The SMILES string of the molecule is CCNc1ncc(Cl)c(N2CCC(N(C)C)C2)n1. The maximum atomic E-state index is 6.20. The average molecular weight is 270 g/mol. The molecule has 2 rings (SSSR count). The van der Waals surface area contributed by atoms with Crippen molar-refractivity contribution in [1.82, 2.24) is 14.9 Å².